The lowest BCUT2D eigenvalue weighted by Crippen LogP contribution is -1.81. The molecule has 4 heteroatoms. The maximum atomic E-state index is 11.6. The second-order valence-electron chi connectivity index (χ2n) is 2.76. The Labute approximate surface area is 89.6 Å². The van der Waals surface area contributed by atoms with Gasteiger partial charge in [0.1, 0.15) is 0 Å². The van der Waals surface area contributed by atoms with E-state index in [9.17, 15) is 4.57 Å². The smallest absolute Gasteiger partial charge is 0.309 e. The summed E-state index contributed by atoms with van der Waals surface area (Å²) in [6.07, 6.45) is 1.71. The van der Waals surface area contributed by atoms with Gasteiger partial charge in [0.15, 0.2) is 0 Å². The van der Waals surface area contributed by atoms with Crippen LogP contribution in [0, 0.1) is 0 Å². The van der Waals surface area contributed by atoms with Gasteiger partial charge in [0.25, 0.3) is 0 Å². The summed E-state index contributed by atoms with van der Waals surface area (Å²) in [5.41, 5.74) is 3.76. The summed E-state index contributed by atoms with van der Waals surface area (Å²) in [4.78, 5) is 0. The SMILES string of the molecule is COP(=O)(C=C=Cc1ccccc1)OC. The fraction of sp³-hybridized carbons (Fsp3) is 0.182. The van der Waals surface area contributed by atoms with Crippen molar-refractivity contribution in [2.75, 3.05) is 14.2 Å². The van der Waals surface area contributed by atoms with E-state index in [1.807, 2.05) is 30.3 Å². The monoisotopic (exact) mass is 224 g/mol. The highest BCUT2D eigenvalue weighted by molar-refractivity contribution is 7.57. The van der Waals surface area contributed by atoms with Gasteiger partial charge in [-0.15, -0.1) is 5.73 Å². The van der Waals surface area contributed by atoms with Gasteiger partial charge in [0.05, 0.1) is 5.82 Å². The van der Waals surface area contributed by atoms with Gasteiger partial charge in [-0.05, 0) is 11.6 Å². The first-order chi connectivity index (χ1) is 7.20. The van der Waals surface area contributed by atoms with E-state index < -0.39 is 7.60 Å². The van der Waals surface area contributed by atoms with Crippen LogP contribution in [0.4, 0.5) is 0 Å². The molecule has 0 saturated carbocycles. The average molecular weight is 224 g/mol. The molecule has 0 aliphatic heterocycles. The Morgan fingerprint density at radius 3 is 2.33 bits per heavy atom. The lowest BCUT2D eigenvalue weighted by molar-refractivity contribution is 0.286. The third-order valence-corrected chi connectivity index (χ3v) is 3.27. The second-order valence-corrected chi connectivity index (χ2v) is 4.82. The average Bonchev–Trinajstić information content (AvgIpc) is 2.30. The molecule has 1 aromatic carbocycles. The molecule has 0 aliphatic rings. The Hall–Kier alpha value is -1.11. The quantitative estimate of drug-likeness (QED) is 0.581. The van der Waals surface area contributed by atoms with Crippen molar-refractivity contribution in [2.45, 2.75) is 0 Å². The maximum absolute atomic E-state index is 11.6. The van der Waals surface area contributed by atoms with E-state index in [0.717, 1.165) is 5.56 Å². The Balaban J connectivity index is 2.82. The highest BCUT2D eigenvalue weighted by Crippen LogP contribution is 2.47. The molecular weight excluding hydrogens is 211 g/mol. The molecule has 3 nitrogen and oxygen atoms in total. The summed E-state index contributed by atoms with van der Waals surface area (Å²) in [5, 5.41) is 0. The molecule has 0 bridgehead atoms. The number of benzene rings is 1. The molecule has 0 N–H and O–H groups in total. The zero-order valence-electron chi connectivity index (χ0n) is 8.71. The van der Waals surface area contributed by atoms with Gasteiger partial charge < -0.3 is 9.05 Å². The summed E-state index contributed by atoms with van der Waals surface area (Å²) < 4.78 is 21.0. The lowest BCUT2D eigenvalue weighted by Gasteiger charge is -2.05. The normalized spacial score (nSPS) is 10.5. The fourth-order valence-electron chi connectivity index (χ4n) is 0.954. The Morgan fingerprint density at radius 1 is 1.20 bits per heavy atom. The minimum absolute atomic E-state index is 0.979. The van der Waals surface area contributed by atoms with Crippen LogP contribution in [0.1, 0.15) is 5.56 Å². The van der Waals surface area contributed by atoms with Crippen LogP contribution in [-0.4, -0.2) is 14.2 Å². The van der Waals surface area contributed by atoms with E-state index in [1.54, 1.807) is 6.08 Å². The maximum Gasteiger partial charge on any atom is 0.361 e. The number of hydrogen-bond donors (Lipinski definition) is 0. The predicted octanol–water partition coefficient (Wildman–Crippen LogP) is 3.30. The van der Waals surface area contributed by atoms with E-state index in [0.29, 0.717) is 0 Å². The number of rotatable bonds is 4. The first-order valence-electron chi connectivity index (χ1n) is 4.40. The zero-order chi connectivity index (χ0) is 11.1. The van der Waals surface area contributed by atoms with Gasteiger partial charge in [-0.2, -0.15) is 0 Å². The van der Waals surface area contributed by atoms with Gasteiger partial charge in [-0.3, -0.25) is 4.57 Å². The molecule has 0 atom stereocenters. The standard InChI is InChI=1S/C11H13O3P/c1-13-15(12,14-2)10-6-9-11-7-4-3-5-8-11/h3-5,7-10H,1-2H3. The minimum atomic E-state index is -3.09. The second kappa shape index (κ2) is 5.69. The molecule has 80 valence electrons. The van der Waals surface area contributed by atoms with Crippen molar-refractivity contribution < 1.29 is 13.6 Å². The van der Waals surface area contributed by atoms with Crippen LogP contribution in [0.25, 0.3) is 6.08 Å². The Morgan fingerprint density at radius 2 is 1.80 bits per heavy atom. The lowest BCUT2D eigenvalue weighted by atomic mass is 10.2. The molecule has 0 saturated heterocycles. The molecule has 0 spiro atoms. The van der Waals surface area contributed by atoms with Crippen LogP contribution in [0.3, 0.4) is 0 Å². The van der Waals surface area contributed by atoms with Gasteiger partial charge in [-0.1, -0.05) is 30.3 Å². The van der Waals surface area contributed by atoms with Crippen molar-refractivity contribution in [2.24, 2.45) is 0 Å². The van der Waals surface area contributed by atoms with Crippen LogP contribution in [-0.2, 0) is 13.6 Å². The predicted molar refractivity (Wildman–Crippen MR) is 60.6 cm³/mol. The Kier molecular flexibility index (Phi) is 4.54. The van der Waals surface area contributed by atoms with Crippen molar-refractivity contribution in [1.29, 1.82) is 0 Å². The molecule has 15 heavy (non-hydrogen) atoms. The molecule has 0 heterocycles. The van der Waals surface area contributed by atoms with Crippen LogP contribution in [0.2, 0.25) is 0 Å². The zero-order valence-corrected chi connectivity index (χ0v) is 9.61. The fourth-order valence-corrected chi connectivity index (χ4v) is 1.57. The van der Waals surface area contributed by atoms with E-state index in [4.69, 9.17) is 9.05 Å². The van der Waals surface area contributed by atoms with Crippen molar-refractivity contribution in [3.63, 3.8) is 0 Å². The van der Waals surface area contributed by atoms with Crippen molar-refractivity contribution in [3.8, 4) is 0 Å². The van der Waals surface area contributed by atoms with Crippen LogP contribution in [0.5, 0.6) is 0 Å². The molecule has 0 aromatic heterocycles. The van der Waals surface area contributed by atoms with Crippen LogP contribution < -0.4 is 0 Å². The third-order valence-electron chi connectivity index (χ3n) is 1.79. The molecule has 1 aromatic rings. The van der Waals surface area contributed by atoms with Gasteiger partial charge in [0.2, 0.25) is 0 Å². The molecule has 1 rings (SSSR count). The van der Waals surface area contributed by atoms with E-state index in [2.05, 4.69) is 5.73 Å². The topological polar surface area (TPSA) is 35.5 Å². The molecule has 0 radical (unpaired) electrons. The summed E-state index contributed by atoms with van der Waals surface area (Å²) in [7, 11) is -0.409. The van der Waals surface area contributed by atoms with Crippen molar-refractivity contribution in [1.82, 2.24) is 0 Å². The van der Waals surface area contributed by atoms with E-state index in [1.165, 1.54) is 20.0 Å². The largest absolute Gasteiger partial charge is 0.361 e. The van der Waals surface area contributed by atoms with Gasteiger partial charge >= 0.3 is 7.60 Å². The highest BCUT2D eigenvalue weighted by atomic mass is 31.2. The Bertz CT molecular complexity index is 397. The number of hydrogen-bond acceptors (Lipinski definition) is 3. The molecule has 0 aliphatic carbocycles. The van der Waals surface area contributed by atoms with Crippen molar-refractivity contribution in [3.05, 3.63) is 47.4 Å². The van der Waals surface area contributed by atoms with E-state index in [-0.39, 0.29) is 0 Å². The summed E-state index contributed by atoms with van der Waals surface area (Å²) >= 11 is 0. The summed E-state index contributed by atoms with van der Waals surface area (Å²) in [6, 6.07) is 9.60. The van der Waals surface area contributed by atoms with Gasteiger partial charge in [0, 0.05) is 14.2 Å². The van der Waals surface area contributed by atoms with Crippen LogP contribution >= 0.6 is 7.60 Å². The third kappa shape index (κ3) is 3.86. The first kappa shape index (κ1) is 12.0. The minimum Gasteiger partial charge on any atom is -0.309 e. The van der Waals surface area contributed by atoms with Gasteiger partial charge in [-0.25, -0.2) is 0 Å². The molecule has 0 amide bonds. The highest BCUT2D eigenvalue weighted by Gasteiger charge is 2.14. The molecular formula is C11H13O3P. The first-order valence-corrected chi connectivity index (χ1v) is 6.01. The van der Waals surface area contributed by atoms with Crippen molar-refractivity contribution >= 4 is 13.7 Å². The van der Waals surface area contributed by atoms with E-state index >= 15 is 0 Å². The molecule has 0 unspecified atom stereocenters. The molecule has 0 fully saturated rings. The summed E-state index contributed by atoms with van der Waals surface area (Å²) in [6.45, 7) is 0. The summed E-state index contributed by atoms with van der Waals surface area (Å²) in [5.74, 6) is 1.31. The van der Waals surface area contributed by atoms with Crippen LogP contribution in [0.15, 0.2) is 41.9 Å².